The number of hydrogen-bond acceptors (Lipinski definition) is 4. The van der Waals surface area contributed by atoms with E-state index in [0.717, 1.165) is 0 Å². The molecule has 1 rings (SSSR count). The Kier molecular flexibility index (Phi) is 10.6. The van der Waals surface area contributed by atoms with Crippen molar-refractivity contribution in [3.05, 3.63) is 0 Å². The lowest BCUT2D eigenvalue weighted by molar-refractivity contribution is -0.173. The van der Waals surface area contributed by atoms with Gasteiger partial charge in [0.25, 0.3) is 0 Å². The summed E-state index contributed by atoms with van der Waals surface area (Å²) in [5, 5.41) is 6.13. The van der Waals surface area contributed by atoms with E-state index in [1.165, 1.54) is 0 Å². The van der Waals surface area contributed by atoms with Gasteiger partial charge in [0.05, 0.1) is 6.04 Å². The molecule has 0 bridgehead atoms. The van der Waals surface area contributed by atoms with Crippen LogP contribution in [0.1, 0.15) is 27.2 Å². The summed E-state index contributed by atoms with van der Waals surface area (Å²) in [7, 11) is 1.60. The molecule has 2 N–H and O–H groups in total. The Morgan fingerprint density at radius 1 is 1.27 bits per heavy atom. The van der Waals surface area contributed by atoms with Crippen molar-refractivity contribution in [2.24, 2.45) is 4.99 Å². The number of nitrogens with zero attached hydrogens (tertiary/aromatic N) is 2. The zero-order valence-electron chi connectivity index (χ0n) is 15.5. The van der Waals surface area contributed by atoms with Crippen molar-refractivity contribution >= 4 is 36.0 Å². The Labute approximate surface area is 169 Å². The number of rotatable bonds is 6. The fourth-order valence-corrected chi connectivity index (χ4v) is 2.00. The van der Waals surface area contributed by atoms with E-state index >= 15 is 0 Å². The molecule has 1 saturated heterocycles. The first-order chi connectivity index (χ1) is 11.5. The Morgan fingerprint density at radius 3 is 2.38 bits per heavy atom. The molecule has 1 amide bonds. The van der Waals surface area contributed by atoms with Gasteiger partial charge in [-0.25, -0.2) is 4.79 Å². The maximum absolute atomic E-state index is 11.9. The van der Waals surface area contributed by atoms with Crippen LogP contribution in [0.5, 0.6) is 0 Å². The van der Waals surface area contributed by atoms with Crippen molar-refractivity contribution in [3.8, 4) is 0 Å². The van der Waals surface area contributed by atoms with Crippen LogP contribution in [-0.4, -0.2) is 74.7 Å². The summed E-state index contributed by atoms with van der Waals surface area (Å²) in [6, 6.07) is 0.0557. The number of halogens is 4. The summed E-state index contributed by atoms with van der Waals surface area (Å²) in [5.74, 6) is 0.532. The molecule has 0 aromatic rings. The lowest BCUT2D eigenvalue weighted by Gasteiger charge is -2.40. The molecule has 0 radical (unpaired) electrons. The Bertz CT molecular complexity index is 464. The third-order valence-electron chi connectivity index (χ3n) is 3.12. The molecule has 0 spiro atoms. The molecule has 1 aliphatic heterocycles. The van der Waals surface area contributed by atoms with Crippen LogP contribution >= 0.6 is 24.0 Å². The van der Waals surface area contributed by atoms with Crippen LogP contribution in [0, 0.1) is 0 Å². The molecule has 0 aromatic carbocycles. The van der Waals surface area contributed by atoms with Crippen molar-refractivity contribution in [2.75, 3.05) is 39.9 Å². The van der Waals surface area contributed by atoms with Gasteiger partial charge < -0.3 is 25.0 Å². The number of alkyl halides is 3. The van der Waals surface area contributed by atoms with Gasteiger partial charge in [0.2, 0.25) is 0 Å². The summed E-state index contributed by atoms with van der Waals surface area (Å²) >= 11 is 0. The van der Waals surface area contributed by atoms with Crippen molar-refractivity contribution in [3.63, 3.8) is 0 Å². The molecule has 26 heavy (non-hydrogen) atoms. The number of ether oxygens (including phenoxy) is 2. The minimum Gasteiger partial charge on any atom is -0.444 e. The van der Waals surface area contributed by atoms with E-state index in [2.05, 4.69) is 20.4 Å². The standard InChI is InChI=1S/C15H27F3N4O3.HI/c1-14(2,3)25-13(23)22-8-11(9-22)21-12(19-4)20-6-5-7-24-10-15(16,17)18;/h11H,5-10H2,1-4H3,(H2,19,20,21);1H. The lowest BCUT2D eigenvalue weighted by atomic mass is 10.1. The van der Waals surface area contributed by atoms with Gasteiger partial charge in [-0.15, -0.1) is 24.0 Å². The molecule has 1 fully saturated rings. The fraction of sp³-hybridized carbons (Fsp3) is 0.867. The molecule has 0 unspecified atom stereocenters. The highest BCUT2D eigenvalue weighted by molar-refractivity contribution is 14.0. The number of likely N-dealkylation sites (tertiary alicyclic amines) is 1. The van der Waals surface area contributed by atoms with E-state index in [9.17, 15) is 18.0 Å². The molecule has 11 heteroatoms. The minimum atomic E-state index is -4.30. The van der Waals surface area contributed by atoms with Gasteiger partial charge >= 0.3 is 12.3 Å². The second-order valence-electron chi connectivity index (χ2n) is 6.75. The van der Waals surface area contributed by atoms with E-state index in [1.807, 2.05) is 20.8 Å². The predicted molar refractivity (Wildman–Crippen MR) is 103 cm³/mol. The van der Waals surface area contributed by atoms with Crippen LogP contribution in [0.25, 0.3) is 0 Å². The maximum atomic E-state index is 11.9. The highest BCUT2D eigenvalue weighted by Gasteiger charge is 2.34. The van der Waals surface area contributed by atoms with Crippen LogP contribution in [0.2, 0.25) is 0 Å². The van der Waals surface area contributed by atoms with E-state index in [-0.39, 0.29) is 42.7 Å². The number of hydrogen-bond donors (Lipinski definition) is 2. The molecule has 0 aromatic heterocycles. The minimum absolute atomic E-state index is 0. The first kappa shape index (κ1) is 25.0. The van der Waals surface area contributed by atoms with Gasteiger partial charge in [-0.1, -0.05) is 0 Å². The second kappa shape index (κ2) is 11.0. The summed E-state index contributed by atoms with van der Waals surface area (Å²) in [5.41, 5.74) is -0.526. The number of guanidine groups is 1. The van der Waals surface area contributed by atoms with Crippen molar-refractivity contribution in [2.45, 2.75) is 45.0 Å². The van der Waals surface area contributed by atoms with Crippen LogP contribution in [0.15, 0.2) is 4.99 Å². The van der Waals surface area contributed by atoms with Gasteiger partial charge in [0.15, 0.2) is 5.96 Å². The zero-order chi connectivity index (χ0) is 19.1. The van der Waals surface area contributed by atoms with Gasteiger partial charge in [-0.3, -0.25) is 4.99 Å². The first-order valence-electron chi connectivity index (χ1n) is 8.10. The quantitative estimate of drug-likeness (QED) is 0.256. The third-order valence-corrected chi connectivity index (χ3v) is 3.12. The number of amides is 1. The average molecular weight is 496 g/mol. The van der Waals surface area contributed by atoms with E-state index in [0.29, 0.717) is 32.0 Å². The summed E-state index contributed by atoms with van der Waals surface area (Å²) in [6.45, 7) is 5.65. The Balaban J connectivity index is 0.00000625. The van der Waals surface area contributed by atoms with Crippen LogP contribution < -0.4 is 10.6 Å². The monoisotopic (exact) mass is 496 g/mol. The predicted octanol–water partition coefficient (Wildman–Crippen LogP) is 2.36. The summed E-state index contributed by atoms with van der Waals surface area (Å²) < 4.78 is 45.5. The largest absolute Gasteiger partial charge is 0.444 e. The molecule has 0 aliphatic carbocycles. The smallest absolute Gasteiger partial charge is 0.411 e. The number of nitrogens with one attached hydrogen (secondary N) is 2. The molecule has 0 saturated carbocycles. The average Bonchev–Trinajstić information content (AvgIpc) is 2.40. The zero-order valence-corrected chi connectivity index (χ0v) is 17.8. The van der Waals surface area contributed by atoms with Gasteiger partial charge in [0, 0.05) is 33.3 Å². The molecule has 154 valence electrons. The van der Waals surface area contributed by atoms with Crippen LogP contribution in [0.4, 0.5) is 18.0 Å². The molecular formula is C15H28F3IN4O3. The molecule has 1 heterocycles. The molecular weight excluding hydrogens is 468 g/mol. The van der Waals surface area contributed by atoms with Gasteiger partial charge in [-0.05, 0) is 27.2 Å². The van der Waals surface area contributed by atoms with Gasteiger partial charge in [-0.2, -0.15) is 13.2 Å². The highest BCUT2D eigenvalue weighted by Crippen LogP contribution is 2.15. The normalized spacial score (nSPS) is 15.8. The van der Waals surface area contributed by atoms with Gasteiger partial charge in [0.1, 0.15) is 12.2 Å². The molecule has 7 nitrogen and oxygen atoms in total. The van der Waals surface area contributed by atoms with Crippen molar-refractivity contribution < 1.29 is 27.4 Å². The highest BCUT2D eigenvalue weighted by atomic mass is 127. The topological polar surface area (TPSA) is 75.2 Å². The lowest BCUT2D eigenvalue weighted by Crippen LogP contribution is -2.63. The van der Waals surface area contributed by atoms with Crippen LogP contribution in [0.3, 0.4) is 0 Å². The fourth-order valence-electron chi connectivity index (χ4n) is 2.00. The number of carbonyl (C=O) groups excluding carboxylic acids is 1. The number of aliphatic imine (C=N–C) groups is 1. The molecule has 0 atom stereocenters. The maximum Gasteiger partial charge on any atom is 0.411 e. The Morgan fingerprint density at radius 2 is 1.88 bits per heavy atom. The van der Waals surface area contributed by atoms with E-state index in [1.54, 1.807) is 11.9 Å². The summed E-state index contributed by atoms with van der Waals surface area (Å²) in [6.07, 6.45) is -4.23. The third kappa shape index (κ3) is 10.9. The number of carbonyl (C=O) groups is 1. The molecule has 1 aliphatic rings. The van der Waals surface area contributed by atoms with E-state index < -0.39 is 18.4 Å². The second-order valence-corrected chi connectivity index (χ2v) is 6.75. The Hall–Kier alpha value is -0.980. The first-order valence-corrected chi connectivity index (χ1v) is 8.10. The SMILES string of the molecule is CN=C(NCCCOCC(F)(F)F)NC1CN(C(=O)OC(C)(C)C)C1.I. The van der Waals surface area contributed by atoms with E-state index in [4.69, 9.17) is 4.74 Å². The van der Waals surface area contributed by atoms with Crippen LogP contribution in [-0.2, 0) is 9.47 Å². The van der Waals surface area contributed by atoms with Crippen molar-refractivity contribution in [1.29, 1.82) is 0 Å². The van der Waals surface area contributed by atoms with Crippen molar-refractivity contribution in [1.82, 2.24) is 15.5 Å². The summed E-state index contributed by atoms with van der Waals surface area (Å²) in [4.78, 5) is 17.4.